The van der Waals surface area contributed by atoms with E-state index in [0.29, 0.717) is 17.8 Å². The lowest BCUT2D eigenvalue weighted by atomic mass is 9.85. The van der Waals surface area contributed by atoms with Gasteiger partial charge in [0.15, 0.2) is 0 Å². The zero-order chi connectivity index (χ0) is 56.1. The van der Waals surface area contributed by atoms with Gasteiger partial charge in [-0.3, -0.25) is 33.6 Å². The second kappa shape index (κ2) is 24.5. The average Bonchev–Trinajstić information content (AvgIpc) is 4.05. The summed E-state index contributed by atoms with van der Waals surface area (Å²) in [6.07, 6.45) is 6.31. The fourth-order valence-electron chi connectivity index (χ4n) is 11.7. The van der Waals surface area contributed by atoms with Crippen molar-refractivity contribution in [2.75, 3.05) is 26.8 Å². The average molecular weight is 1080 g/mol. The summed E-state index contributed by atoms with van der Waals surface area (Å²) in [6.45, 7) is 13.6. The Balaban J connectivity index is 0.950. The Morgan fingerprint density at radius 1 is 0.628 bits per heavy atom. The predicted molar refractivity (Wildman–Crippen MR) is 306 cm³/mol. The van der Waals surface area contributed by atoms with Gasteiger partial charge in [0.2, 0.25) is 35.4 Å². The maximum Gasteiger partial charge on any atom is 0.251 e. The lowest BCUT2D eigenvalue weighted by molar-refractivity contribution is -0.144. The molecule has 416 valence electrons. The maximum atomic E-state index is 14.8. The number of amides is 7. The van der Waals surface area contributed by atoms with Gasteiger partial charge in [-0.15, -0.1) is 0 Å². The zero-order valence-electron chi connectivity index (χ0n) is 47.0. The van der Waals surface area contributed by atoms with Gasteiger partial charge in [-0.2, -0.15) is 0 Å². The molecule has 9 atom stereocenters. The molecular weight excluding hydrogens is 999 g/mol. The molecule has 0 spiro atoms. The van der Waals surface area contributed by atoms with Crippen molar-refractivity contribution in [3.8, 4) is 11.1 Å². The third-order valence-corrected chi connectivity index (χ3v) is 19.1. The largest absolute Gasteiger partial charge is 0.348 e. The molecule has 2 saturated heterocycles. The van der Waals surface area contributed by atoms with Crippen LogP contribution in [0.15, 0.2) is 97.1 Å². The summed E-state index contributed by atoms with van der Waals surface area (Å²) >= 11 is 0. The molecule has 0 radical (unpaired) electrons. The molecular formula is C61H81N9O7Si. The van der Waals surface area contributed by atoms with Crippen LogP contribution >= 0.6 is 0 Å². The van der Waals surface area contributed by atoms with E-state index in [1.807, 2.05) is 87.5 Å². The molecule has 2 aliphatic heterocycles. The molecule has 4 aliphatic rings. The number of likely N-dealkylation sites (tertiary alicyclic amines) is 1. The first kappa shape index (κ1) is 57.5. The van der Waals surface area contributed by atoms with Crippen molar-refractivity contribution in [2.24, 2.45) is 5.41 Å². The lowest BCUT2D eigenvalue weighted by Crippen LogP contribution is -2.59. The first-order chi connectivity index (χ1) is 37.1. The van der Waals surface area contributed by atoms with Crippen LogP contribution in [0.1, 0.15) is 117 Å². The van der Waals surface area contributed by atoms with Crippen molar-refractivity contribution in [1.82, 2.24) is 47.0 Å². The summed E-state index contributed by atoms with van der Waals surface area (Å²) < 4.78 is 0. The van der Waals surface area contributed by atoms with E-state index < -0.39 is 61.7 Å². The van der Waals surface area contributed by atoms with Crippen LogP contribution in [0.4, 0.5) is 0 Å². The second-order valence-electron chi connectivity index (χ2n) is 23.9. The third kappa shape index (κ3) is 13.4. The van der Waals surface area contributed by atoms with Gasteiger partial charge in [0.05, 0.1) is 32.2 Å². The predicted octanol–water partition coefficient (Wildman–Crippen LogP) is 5.67. The maximum absolute atomic E-state index is 14.8. The summed E-state index contributed by atoms with van der Waals surface area (Å²) in [5.74, 6) is -2.12. The number of likely N-dealkylation sites (N-methyl/N-ethyl adjacent to an activating group) is 2. The van der Waals surface area contributed by atoms with Gasteiger partial charge in [0, 0.05) is 30.7 Å². The quantitative estimate of drug-likeness (QED) is 0.0649. The van der Waals surface area contributed by atoms with Crippen LogP contribution in [0.2, 0.25) is 19.1 Å². The highest BCUT2D eigenvalue weighted by molar-refractivity contribution is 6.79. The molecule has 2 aliphatic carbocycles. The standard InChI is InChI=1S/C61H81N9O7Si/c1-37(62-6)54(71)67-50(59(76)70-36-78(8,9)35-52(70)58(75)66-49-23-15-19-43-17-11-13-21-47(43)49)32-39-24-26-40(27-25-39)41-28-30-44(31-29-41)56(73)64-45-33-51(57(74)65-48-22-14-18-42-16-10-12-20-46(42)48)69(34-45)60(77)53(61(3,4)5)68-55(72)38(2)63-7/h10-13,16-17,20-21,24-31,37-38,45,48-53,62-63H,14-15,18-19,22-23,32-36H2,1-9H3,(H,64,73)(H,65,74)(H,66,75)(H,67,71)(H,68,72)/t37-,38-,45-,48?,49?,50?,51-,52-,53+/m0/s1. The zero-order valence-corrected chi connectivity index (χ0v) is 48.0. The summed E-state index contributed by atoms with van der Waals surface area (Å²) in [6, 6.07) is 26.5. The number of nitrogens with zero attached hydrogens (tertiary/aromatic N) is 2. The van der Waals surface area contributed by atoms with Crippen LogP contribution in [0.3, 0.4) is 0 Å². The first-order valence-electron chi connectivity index (χ1n) is 28.0. The summed E-state index contributed by atoms with van der Waals surface area (Å²) in [7, 11) is 1.37. The molecule has 78 heavy (non-hydrogen) atoms. The van der Waals surface area contributed by atoms with Crippen LogP contribution in [0, 0.1) is 5.41 Å². The minimum atomic E-state index is -2.00. The van der Waals surface area contributed by atoms with E-state index in [2.05, 4.69) is 68.5 Å². The summed E-state index contributed by atoms with van der Waals surface area (Å²) in [4.78, 5) is 102. The highest BCUT2D eigenvalue weighted by atomic mass is 28.3. The van der Waals surface area contributed by atoms with E-state index in [4.69, 9.17) is 0 Å². The topological polar surface area (TPSA) is 210 Å². The lowest BCUT2D eigenvalue weighted by Gasteiger charge is -2.36. The van der Waals surface area contributed by atoms with E-state index in [0.717, 1.165) is 66.3 Å². The van der Waals surface area contributed by atoms with Crippen molar-refractivity contribution in [3.63, 3.8) is 0 Å². The first-order valence-corrected chi connectivity index (χ1v) is 31.4. The van der Waals surface area contributed by atoms with Gasteiger partial charge < -0.3 is 47.0 Å². The summed E-state index contributed by atoms with van der Waals surface area (Å²) in [5, 5.41) is 21.5. The highest BCUT2D eigenvalue weighted by Crippen LogP contribution is 2.34. The monoisotopic (exact) mass is 1080 g/mol. The van der Waals surface area contributed by atoms with E-state index in [1.54, 1.807) is 45.0 Å². The minimum Gasteiger partial charge on any atom is -0.348 e. The van der Waals surface area contributed by atoms with Gasteiger partial charge in [-0.1, -0.05) is 119 Å². The Labute approximate surface area is 461 Å². The Bertz CT molecular complexity index is 2850. The molecule has 0 aromatic heterocycles. The number of nitrogens with one attached hydrogen (secondary N) is 7. The fraction of sp³-hybridized carbons (Fsp3) is 0.492. The number of hydrogen-bond acceptors (Lipinski definition) is 9. The van der Waals surface area contributed by atoms with Gasteiger partial charge in [-0.05, 0) is 135 Å². The van der Waals surface area contributed by atoms with Crippen LogP contribution in [0.5, 0.6) is 0 Å². The fourth-order valence-corrected chi connectivity index (χ4v) is 14.6. The van der Waals surface area contributed by atoms with E-state index in [9.17, 15) is 33.6 Å². The van der Waals surface area contributed by atoms with E-state index in [1.165, 1.54) is 16.0 Å². The molecule has 2 heterocycles. The Morgan fingerprint density at radius 3 is 1.68 bits per heavy atom. The van der Waals surface area contributed by atoms with Crippen LogP contribution < -0.4 is 37.2 Å². The van der Waals surface area contributed by atoms with Gasteiger partial charge in [0.1, 0.15) is 24.2 Å². The van der Waals surface area contributed by atoms with Crippen molar-refractivity contribution in [3.05, 3.63) is 130 Å². The van der Waals surface area contributed by atoms with Crippen molar-refractivity contribution in [1.29, 1.82) is 0 Å². The number of carbonyl (C=O) groups excluding carboxylic acids is 7. The van der Waals surface area contributed by atoms with Crippen molar-refractivity contribution < 1.29 is 33.6 Å². The normalized spacial score (nSPS) is 22.1. The molecule has 16 nitrogen and oxygen atoms in total. The van der Waals surface area contributed by atoms with Gasteiger partial charge in [0.25, 0.3) is 5.91 Å². The SMILES string of the molecule is CN[C@@H](C)C(=O)NC(Cc1ccc(-c2ccc(C(=O)N[C@H]3C[C@@H](C(=O)NC4CCCc5ccccc54)N(C(=O)[C@@H](NC(=O)[C@H](C)NC)C(C)(C)C)C3)cc2)cc1)C(=O)N1C[Si](C)(C)C[C@H]1C(=O)NC1CCCc2ccccc21. The second-order valence-corrected chi connectivity index (χ2v) is 29.0. The van der Waals surface area contributed by atoms with Crippen LogP contribution in [-0.2, 0) is 48.0 Å². The van der Waals surface area contributed by atoms with Crippen molar-refractivity contribution in [2.45, 2.75) is 159 Å². The third-order valence-electron chi connectivity index (χ3n) is 16.4. The molecule has 3 unspecified atom stereocenters. The van der Waals surface area contributed by atoms with Gasteiger partial charge >= 0.3 is 0 Å². The number of hydrogen-bond donors (Lipinski definition) is 7. The Morgan fingerprint density at radius 2 is 1.14 bits per heavy atom. The van der Waals surface area contributed by atoms with Crippen molar-refractivity contribution >= 4 is 49.4 Å². The number of benzene rings is 4. The van der Waals surface area contributed by atoms with Crippen LogP contribution in [0.25, 0.3) is 11.1 Å². The highest BCUT2D eigenvalue weighted by Gasteiger charge is 2.48. The Kier molecular flexibility index (Phi) is 18.1. The molecule has 0 saturated carbocycles. The number of carbonyl (C=O) groups is 7. The molecule has 7 amide bonds. The minimum absolute atomic E-state index is 0.0760. The van der Waals surface area contributed by atoms with Crippen LogP contribution in [-0.4, -0.2) is 128 Å². The molecule has 7 N–H and O–H groups in total. The number of rotatable bonds is 17. The molecule has 4 aromatic carbocycles. The summed E-state index contributed by atoms with van der Waals surface area (Å²) in [5.41, 5.74) is 6.89. The molecule has 0 bridgehead atoms. The van der Waals surface area contributed by atoms with E-state index >= 15 is 0 Å². The molecule has 8 rings (SSSR count). The molecule has 4 aromatic rings. The number of aryl methyl sites for hydroxylation is 2. The molecule has 17 heteroatoms. The van der Waals surface area contributed by atoms with E-state index in [-0.39, 0.29) is 66.9 Å². The van der Waals surface area contributed by atoms with Gasteiger partial charge in [-0.25, -0.2) is 0 Å². The number of fused-ring (bicyclic) bond motifs is 2. The molecule has 2 fully saturated rings. The smallest absolute Gasteiger partial charge is 0.251 e. The Hall–Kier alpha value is -6.69.